The summed E-state index contributed by atoms with van der Waals surface area (Å²) in [6.07, 6.45) is 0. The van der Waals surface area contributed by atoms with Crippen LogP contribution in [0.5, 0.6) is 0 Å². The molecule has 4 rings (SSSR count). The highest BCUT2D eigenvalue weighted by atomic mass is 19.1. The fourth-order valence-corrected chi connectivity index (χ4v) is 2.85. The molecule has 1 N–H and O–H groups in total. The van der Waals surface area contributed by atoms with E-state index in [0.717, 1.165) is 22.2 Å². The van der Waals surface area contributed by atoms with Crippen molar-refractivity contribution in [3.8, 4) is 11.5 Å². The summed E-state index contributed by atoms with van der Waals surface area (Å²) in [5.74, 6) is -0.188. The molecule has 0 aliphatic rings. The Kier molecular flexibility index (Phi) is 4.20. The van der Waals surface area contributed by atoms with Gasteiger partial charge < -0.3 is 9.73 Å². The molecule has 5 heteroatoms. The van der Waals surface area contributed by atoms with Gasteiger partial charge in [-0.15, -0.1) is 0 Å². The predicted molar refractivity (Wildman–Crippen MR) is 103 cm³/mol. The monoisotopic (exact) mass is 360 g/mol. The Morgan fingerprint density at radius 2 is 1.78 bits per heavy atom. The van der Waals surface area contributed by atoms with Crippen LogP contribution in [0.25, 0.3) is 22.6 Å². The number of benzene rings is 3. The number of oxazole rings is 1. The van der Waals surface area contributed by atoms with Crippen molar-refractivity contribution < 1.29 is 13.6 Å². The first-order valence-corrected chi connectivity index (χ1v) is 8.55. The maximum absolute atomic E-state index is 13.0. The third-order valence-electron chi connectivity index (χ3n) is 4.38. The number of hydrogen-bond donors (Lipinski definition) is 1. The standard InChI is InChI=1S/C22H17FN2O2/c1-13-3-10-20-19(11-13)25-22(27-20)16-5-4-14(2)18(12-16)24-21(26)15-6-8-17(23)9-7-15/h3-12H,1-2H3,(H,24,26). The minimum Gasteiger partial charge on any atom is -0.436 e. The maximum atomic E-state index is 13.0. The van der Waals surface area contributed by atoms with Crippen LogP contribution in [0.15, 0.2) is 65.1 Å². The van der Waals surface area contributed by atoms with Gasteiger partial charge in [-0.25, -0.2) is 9.37 Å². The zero-order chi connectivity index (χ0) is 19.0. The quantitative estimate of drug-likeness (QED) is 0.525. The Morgan fingerprint density at radius 3 is 2.56 bits per heavy atom. The zero-order valence-corrected chi connectivity index (χ0v) is 14.9. The lowest BCUT2D eigenvalue weighted by atomic mass is 10.1. The lowest BCUT2D eigenvalue weighted by Crippen LogP contribution is -2.12. The smallest absolute Gasteiger partial charge is 0.255 e. The van der Waals surface area contributed by atoms with Gasteiger partial charge in [0.25, 0.3) is 5.91 Å². The Bertz CT molecular complexity index is 1150. The van der Waals surface area contributed by atoms with Gasteiger partial charge in [-0.3, -0.25) is 4.79 Å². The molecule has 0 fully saturated rings. The topological polar surface area (TPSA) is 55.1 Å². The van der Waals surface area contributed by atoms with Gasteiger partial charge in [0.2, 0.25) is 5.89 Å². The van der Waals surface area contributed by atoms with E-state index in [2.05, 4.69) is 10.3 Å². The normalized spacial score (nSPS) is 10.9. The molecule has 0 bridgehead atoms. The van der Waals surface area contributed by atoms with Crippen LogP contribution in [0.3, 0.4) is 0 Å². The number of halogens is 1. The molecule has 0 aliphatic carbocycles. The molecule has 3 aromatic carbocycles. The molecule has 134 valence electrons. The summed E-state index contributed by atoms with van der Waals surface area (Å²) < 4.78 is 18.9. The fraction of sp³-hybridized carbons (Fsp3) is 0.0909. The Balaban J connectivity index is 1.66. The SMILES string of the molecule is Cc1ccc2oc(-c3ccc(C)c(NC(=O)c4ccc(F)cc4)c3)nc2c1. The van der Waals surface area contributed by atoms with E-state index in [1.54, 1.807) is 0 Å². The van der Waals surface area contributed by atoms with Crippen LogP contribution in [0.1, 0.15) is 21.5 Å². The van der Waals surface area contributed by atoms with Gasteiger partial charge in [-0.05, 0) is 73.5 Å². The van der Waals surface area contributed by atoms with Crippen LogP contribution in [0.4, 0.5) is 10.1 Å². The highest BCUT2D eigenvalue weighted by Gasteiger charge is 2.12. The number of nitrogens with zero attached hydrogens (tertiary/aromatic N) is 1. The molecule has 1 amide bonds. The molecule has 0 aliphatic heterocycles. The number of carbonyl (C=O) groups is 1. The Morgan fingerprint density at radius 1 is 1.00 bits per heavy atom. The summed E-state index contributed by atoms with van der Waals surface area (Å²) in [6, 6.07) is 16.9. The van der Waals surface area contributed by atoms with Gasteiger partial charge in [-0.1, -0.05) is 12.1 Å². The first-order chi connectivity index (χ1) is 13.0. The van der Waals surface area contributed by atoms with E-state index >= 15 is 0 Å². The Hall–Kier alpha value is -3.47. The van der Waals surface area contributed by atoms with Crippen LogP contribution in [0, 0.1) is 19.7 Å². The van der Waals surface area contributed by atoms with Gasteiger partial charge in [0.05, 0.1) is 0 Å². The number of amides is 1. The van der Waals surface area contributed by atoms with Crippen LogP contribution in [-0.2, 0) is 0 Å². The maximum Gasteiger partial charge on any atom is 0.255 e. The molecule has 4 aromatic rings. The van der Waals surface area contributed by atoms with E-state index < -0.39 is 0 Å². The van der Waals surface area contributed by atoms with Crippen molar-refractivity contribution in [1.82, 2.24) is 4.98 Å². The molecule has 1 heterocycles. The fourth-order valence-electron chi connectivity index (χ4n) is 2.85. The second kappa shape index (κ2) is 6.68. The summed E-state index contributed by atoms with van der Waals surface area (Å²) in [6.45, 7) is 3.90. The van der Waals surface area contributed by atoms with E-state index in [9.17, 15) is 9.18 Å². The van der Waals surface area contributed by atoms with E-state index in [1.165, 1.54) is 24.3 Å². The van der Waals surface area contributed by atoms with E-state index in [4.69, 9.17) is 4.42 Å². The first-order valence-electron chi connectivity index (χ1n) is 8.55. The van der Waals surface area contributed by atoms with Gasteiger partial charge in [-0.2, -0.15) is 0 Å². The lowest BCUT2D eigenvalue weighted by molar-refractivity contribution is 0.102. The average molecular weight is 360 g/mol. The summed E-state index contributed by atoms with van der Waals surface area (Å²) in [5, 5.41) is 2.87. The van der Waals surface area contributed by atoms with Crippen molar-refractivity contribution in [1.29, 1.82) is 0 Å². The number of aryl methyl sites for hydroxylation is 2. The average Bonchev–Trinajstić information content (AvgIpc) is 3.07. The number of aromatic nitrogens is 1. The van der Waals surface area contributed by atoms with Crippen molar-refractivity contribution in [2.45, 2.75) is 13.8 Å². The molecule has 0 spiro atoms. The number of nitrogens with one attached hydrogen (secondary N) is 1. The number of carbonyl (C=O) groups excluding carboxylic acids is 1. The van der Waals surface area contributed by atoms with Crippen molar-refractivity contribution in [3.05, 3.63) is 83.2 Å². The van der Waals surface area contributed by atoms with Crippen molar-refractivity contribution in [2.75, 3.05) is 5.32 Å². The minimum absolute atomic E-state index is 0.302. The third kappa shape index (κ3) is 3.44. The largest absolute Gasteiger partial charge is 0.436 e. The van der Waals surface area contributed by atoms with Crippen LogP contribution < -0.4 is 5.32 Å². The zero-order valence-electron chi connectivity index (χ0n) is 14.9. The molecule has 27 heavy (non-hydrogen) atoms. The molecule has 4 nitrogen and oxygen atoms in total. The van der Waals surface area contributed by atoms with Gasteiger partial charge in [0.15, 0.2) is 5.58 Å². The molecular formula is C22H17FN2O2. The van der Waals surface area contributed by atoms with Crippen molar-refractivity contribution in [2.24, 2.45) is 0 Å². The number of rotatable bonds is 3. The van der Waals surface area contributed by atoms with Crippen LogP contribution >= 0.6 is 0 Å². The minimum atomic E-state index is -0.379. The summed E-state index contributed by atoms with van der Waals surface area (Å²) in [7, 11) is 0. The van der Waals surface area contributed by atoms with E-state index in [1.807, 2.05) is 50.2 Å². The van der Waals surface area contributed by atoms with E-state index in [-0.39, 0.29) is 11.7 Å². The van der Waals surface area contributed by atoms with Gasteiger partial charge in [0, 0.05) is 16.8 Å². The lowest BCUT2D eigenvalue weighted by Gasteiger charge is -2.09. The second-order valence-electron chi connectivity index (χ2n) is 6.48. The van der Waals surface area contributed by atoms with Crippen LogP contribution in [0.2, 0.25) is 0 Å². The van der Waals surface area contributed by atoms with Crippen molar-refractivity contribution >= 4 is 22.7 Å². The van der Waals surface area contributed by atoms with Crippen molar-refractivity contribution in [3.63, 3.8) is 0 Å². The molecule has 1 aromatic heterocycles. The van der Waals surface area contributed by atoms with Crippen LogP contribution in [-0.4, -0.2) is 10.9 Å². The number of anilines is 1. The first kappa shape index (κ1) is 17.0. The predicted octanol–water partition coefficient (Wildman–Crippen LogP) is 5.50. The summed E-state index contributed by atoms with van der Waals surface area (Å²) in [4.78, 5) is 17.0. The molecule has 0 unspecified atom stereocenters. The Labute approximate surface area is 155 Å². The number of hydrogen-bond acceptors (Lipinski definition) is 3. The number of fused-ring (bicyclic) bond motifs is 1. The van der Waals surface area contributed by atoms with Gasteiger partial charge >= 0.3 is 0 Å². The molecule has 0 atom stereocenters. The third-order valence-corrected chi connectivity index (χ3v) is 4.38. The summed E-state index contributed by atoms with van der Waals surface area (Å²) in [5.41, 5.74) is 5.33. The highest BCUT2D eigenvalue weighted by Crippen LogP contribution is 2.28. The van der Waals surface area contributed by atoms with Gasteiger partial charge in [0.1, 0.15) is 11.3 Å². The molecule has 0 saturated carbocycles. The molecular weight excluding hydrogens is 343 g/mol. The second-order valence-corrected chi connectivity index (χ2v) is 6.48. The molecule has 0 saturated heterocycles. The highest BCUT2D eigenvalue weighted by molar-refractivity contribution is 6.04. The van der Waals surface area contributed by atoms with E-state index in [0.29, 0.717) is 22.7 Å². The molecule has 0 radical (unpaired) electrons. The summed E-state index contributed by atoms with van der Waals surface area (Å²) >= 11 is 0.